The van der Waals surface area contributed by atoms with Crippen LogP contribution in [0.15, 0.2) is 5.18 Å². The van der Waals surface area contributed by atoms with Crippen LogP contribution >= 0.6 is 0 Å². The average Bonchev–Trinajstić information content (AvgIpc) is 3.13. The Labute approximate surface area is 316 Å². The molecule has 0 radical (unpaired) electrons. The van der Waals surface area contributed by atoms with Crippen LogP contribution < -0.4 is 0 Å². The molecule has 0 aromatic rings. The molecule has 0 bridgehead atoms. The number of hydrogen-bond donors (Lipinski definition) is 0. The number of esters is 2. The topological polar surface area (TPSA) is 85.3 Å². The van der Waals surface area contributed by atoms with E-state index in [1.807, 2.05) is 0 Å². The van der Waals surface area contributed by atoms with Crippen molar-refractivity contribution in [3.63, 3.8) is 0 Å². The molecule has 0 saturated carbocycles. The Morgan fingerprint density at radius 2 is 0.863 bits per heavy atom. The molecule has 7 heteroatoms. The van der Waals surface area contributed by atoms with E-state index in [0.717, 1.165) is 110 Å². The Morgan fingerprint density at radius 1 is 0.471 bits per heavy atom. The van der Waals surface area contributed by atoms with Gasteiger partial charge < -0.3 is 14.4 Å². The molecule has 0 spiro atoms. The molecule has 0 fully saturated rings. The van der Waals surface area contributed by atoms with Crippen molar-refractivity contribution in [2.75, 3.05) is 39.4 Å². The lowest BCUT2D eigenvalue weighted by molar-refractivity contribution is -0.149. The number of hydrogen-bond acceptors (Lipinski definition) is 7. The SMILES string of the molecule is CCCCCCCCCOC(=O)CCCCCCCN(CCCCCCCCCOC(=O)C(CCCCCC)CCCCCCCC)CCN=O. The molecular weight excluding hydrogens is 636 g/mol. The summed E-state index contributed by atoms with van der Waals surface area (Å²) < 4.78 is 11.2. The molecule has 0 aliphatic carbocycles. The van der Waals surface area contributed by atoms with E-state index in [1.54, 1.807) is 0 Å². The number of carbonyl (C=O) groups excluding carboxylic acids is 2. The average molecular weight is 723 g/mol. The third-order valence-corrected chi connectivity index (χ3v) is 10.4. The van der Waals surface area contributed by atoms with E-state index in [0.29, 0.717) is 26.2 Å². The fraction of sp³-hybridized carbons (Fsp3) is 0.955. The van der Waals surface area contributed by atoms with Crippen molar-refractivity contribution < 1.29 is 19.1 Å². The first-order valence-corrected chi connectivity index (χ1v) is 22.4. The molecular formula is C44H86N2O5. The lowest BCUT2D eigenvalue weighted by Crippen LogP contribution is -2.28. The summed E-state index contributed by atoms with van der Waals surface area (Å²) in [5, 5.41) is 3.10. The fourth-order valence-electron chi connectivity index (χ4n) is 6.95. The molecule has 1 atom stereocenters. The van der Waals surface area contributed by atoms with Crippen LogP contribution in [0.25, 0.3) is 0 Å². The predicted molar refractivity (Wildman–Crippen MR) is 217 cm³/mol. The molecule has 1 unspecified atom stereocenters. The molecule has 0 heterocycles. The zero-order valence-corrected chi connectivity index (χ0v) is 34.4. The van der Waals surface area contributed by atoms with E-state index in [9.17, 15) is 14.5 Å². The second-order valence-corrected chi connectivity index (χ2v) is 15.3. The number of nitrogens with zero attached hydrogens (tertiary/aromatic N) is 2. The van der Waals surface area contributed by atoms with Gasteiger partial charge in [-0.05, 0) is 58.0 Å². The second kappa shape index (κ2) is 41.3. The third-order valence-electron chi connectivity index (χ3n) is 10.4. The molecule has 302 valence electrons. The normalized spacial score (nSPS) is 12.0. The van der Waals surface area contributed by atoms with Gasteiger partial charge in [0.25, 0.3) is 0 Å². The maximum Gasteiger partial charge on any atom is 0.308 e. The van der Waals surface area contributed by atoms with Crippen molar-refractivity contribution in [1.29, 1.82) is 0 Å². The summed E-state index contributed by atoms with van der Waals surface area (Å²) in [6, 6.07) is 0. The highest BCUT2D eigenvalue weighted by molar-refractivity contribution is 5.72. The minimum atomic E-state index is -0.0372. The van der Waals surface area contributed by atoms with Crippen molar-refractivity contribution in [3.8, 4) is 0 Å². The Balaban J connectivity index is 3.90. The first-order chi connectivity index (χ1) is 25.1. The van der Waals surface area contributed by atoms with E-state index < -0.39 is 0 Å². The minimum absolute atomic E-state index is 0.0372. The molecule has 0 aromatic carbocycles. The fourth-order valence-corrected chi connectivity index (χ4v) is 6.95. The molecule has 0 rings (SSSR count). The second-order valence-electron chi connectivity index (χ2n) is 15.3. The number of carbonyl (C=O) groups is 2. The highest BCUT2D eigenvalue weighted by Gasteiger charge is 2.19. The quantitative estimate of drug-likeness (QED) is 0.0354. The lowest BCUT2D eigenvalue weighted by atomic mass is 9.94. The minimum Gasteiger partial charge on any atom is -0.466 e. The van der Waals surface area contributed by atoms with Crippen LogP contribution in [0.5, 0.6) is 0 Å². The first kappa shape index (κ1) is 49.5. The predicted octanol–water partition coefficient (Wildman–Crippen LogP) is 13.3. The maximum atomic E-state index is 12.9. The summed E-state index contributed by atoms with van der Waals surface area (Å²) in [5.74, 6) is 0.117. The Hall–Kier alpha value is -1.50. The maximum absolute atomic E-state index is 12.9. The Bertz CT molecular complexity index is 749. The van der Waals surface area contributed by atoms with E-state index in [2.05, 4.69) is 30.8 Å². The zero-order chi connectivity index (χ0) is 37.3. The van der Waals surface area contributed by atoms with Gasteiger partial charge in [-0.25, -0.2) is 0 Å². The van der Waals surface area contributed by atoms with Crippen molar-refractivity contribution >= 4 is 11.9 Å². The van der Waals surface area contributed by atoms with Crippen LogP contribution in [0, 0.1) is 10.8 Å². The van der Waals surface area contributed by atoms with Crippen molar-refractivity contribution in [3.05, 3.63) is 4.91 Å². The van der Waals surface area contributed by atoms with Crippen LogP contribution in [0.3, 0.4) is 0 Å². The standard InChI is InChI=1S/C44H86N2O5/c1-4-7-10-13-17-24-31-40-50-43(47)35-28-21-19-23-30-38-46(39-36-45-49)37-29-22-16-15-18-25-32-41-51-44(48)42(33-26-12-9-6-3)34-27-20-14-11-8-5-2/h42H,4-41H2,1-3H3. The Kier molecular flexibility index (Phi) is 40.0. The molecule has 51 heavy (non-hydrogen) atoms. The van der Waals surface area contributed by atoms with Crippen LogP contribution in [0.4, 0.5) is 0 Å². The van der Waals surface area contributed by atoms with Gasteiger partial charge in [-0.2, -0.15) is 4.91 Å². The monoisotopic (exact) mass is 723 g/mol. The van der Waals surface area contributed by atoms with Gasteiger partial charge in [-0.15, -0.1) is 0 Å². The largest absolute Gasteiger partial charge is 0.466 e. The number of ether oxygens (including phenoxy) is 2. The summed E-state index contributed by atoms with van der Waals surface area (Å²) in [5.41, 5.74) is 0. The van der Waals surface area contributed by atoms with Gasteiger partial charge in [-0.1, -0.05) is 180 Å². The molecule has 0 saturated heterocycles. The van der Waals surface area contributed by atoms with Gasteiger partial charge in [-0.3, -0.25) is 9.59 Å². The van der Waals surface area contributed by atoms with Crippen LogP contribution in [-0.2, 0) is 19.1 Å². The molecule has 7 nitrogen and oxygen atoms in total. The summed E-state index contributed by atoms with van der Waals surface area (Å²) >= 11 is 0. The van der Waals surface area contributed by atoms with Gasteiger partial charge in [0.15, 0.2) is 0 Å². The van der Waals surface area contributed by atoms with Gasteiger partial charge in [0.1, 0.15) is 0 Å². The molecule has 0 aromatic heterocycles. The number of nitroso groups, excluding NO2 is 1. The van der Waals surface area contributed by atoms with E-state index in [4.69, 9.17) is 9.47 Å². The molecule has 0 amide bonds. The molecule has 0 aliphatic rings. The van der Waals surface area contributed by atoms with Gasteiger partial charge >= 0.3 is 11.9 Å². The highest BCUT2D eigenvalue weighted by atomic mass is 16.5. The third kappa shape index (κ3) is 36.6. The van der Waals surface area contributed by atoms with Crippen molar-refractivity contribution in [1.82, 2.24) is 4.90 Å². The van der Waals surface area contributed by atoms with Gasteiger partial charge in [0.05, 0.1) is 25.7 Å². The summed E-state index contributed by atoms with van der Waals surface area (Å²) in [4.78, 5) is 38.0. The zero-order valence-electron chi connectivity index (χ0n) is 34.4. The van der Waals surface area contributed by atoms with Crippen molar-refractivity contribution in [2.45, 2.75) is 226 Å². The summed E-state index contributed by atoms with van der Waals surface area (Å²) in [7, 11) is 0. The first-order valence-electron chi connectivity index (χ1n) is 22.4. The van der Waals surface area contributed by atoms with E-state index in [1.165, 1.54) is 109 Å². The smallest absolute Gasteiger partial charge is 0.308 e. The lowest BCUT2D eigenvalue weighted by Gasteiger charge is -2.21. The summed E-state index contributed by atoms with van der Waals surface area (Å²) in [6.07, 6.45) is 37.2. The van der Waals surface area contributed by atoms with Crippen molar-refractivity contribution in [2.24, 2.45) is 11.1 Å². The Morgan fingerprint density at radius 3 is 1.35 bits per heavy atom. The molecule has 0 aliphatic heterocycles. The summed E-state index contributed by atoms with van der Waals surface area (Å²) in [6.45, 7) is 11.1. The molecule has 0 N–H and O–H groups in total. The van der Waals surface area contributed by atoms with Gasteiger partial charge in [0.2, 0.25) is 0 Å². The van der Waals surface area contributed by atoms with Crippen LogP contribution in [0.1, 0.15) is 226 Å². The highest BCUT2D eigenvalue weighted by Crippen LogP contribution is 2.21. The van der Waals surface area contributed by atoms with Crippen LogP contribution in [0.2, 0.25) is 0 Å². The van der Waals surface area contributed by atoms with E-state index >= 15 is 0 Å². The van der Waals surface area contributed by atoms with E-state index in [-0.39, 0.29) is 17.9 Å². The van der Waals surface area contributed by atoms with Crippen LogP contribution in [-0.4, -0.2) is 56.2 Å². The number of rotatable bonds is 42. The van der Waals surface area contributed by atoms with Gasteiger partial charge in [0, 0.05) is 13.0 Å². The number of unbranched alkanes of at least 4 members (excludes halogenated alkanes) is 24.